The van der Waals surface area contributed by atoms with Gasteiger partial charge in [-0.3, -0.25) is 0 Å². The highest BCUT2D eigenvalue weighted by atomic mass is 32.2. The molecule has 0 saturated carbocycles. The zero-order valence-corrected chi connectivity index (χ0v) is 14.6. The summed E-state index contributed by atoms with van der Waals surface area (Å²) in [6.45, 7) is 4.36. The van der Waals surface area contributed by atoms with Gasteiger partial charge in [-0.1, -0.05) is 6.92 Å². The van der Waals surface area contributed by atoms with Crippen LogP contribution in [0.4, 0.5) is 0 Å². The number of rotatable bonds is 5. The van der Waals surface area contributed by atoms with E-state index in [1.807, 2.05) is 12.1 Å². The van der Waals surface area contributed by atoms with Crippen LogP contribution in [-0.2, 0) is 5.41 Å². The number of thiophene rings is 2. The number of hydrogen-bond acceptors (Lipinski definition) is 6. The summed E-state index contributed by atoms with van der Waals surface area (Å²) in [6, 6.07) is 4.09. The fourth-order valence-electron chi connectivity index (χ4n) is 2.01. The van der Waals surface area contributed by atoms with Crippen molar-refractivity contribution in [1.82, 2.24) is 0 Å². The third-order valence-electron chi connectivity index (χ3n) is 3.59. The summed E-state index contributed by atoms with van der Waals surface area (Å²) in [5.74, 6) is 0. The molecule has 0 amide bonds. The van der Waals surface area contributed by atoms with Crippen molar-refractivity contribution < 1.29 is 0 Å². The van der Waals surface area contributed by atoms with Crippen molar-refractivity contribution in [1.29, 1.82) is 10.8 Å². The molecule has 2 nitrogen and oxygen atoms in total. The quantitative estimate of drug-likeness (QED) is 0.432. The minimum Gasteiger partial charge on any atom is -0.308 e. The van der Waals surface area contributed by atoms with Gasteiger partial charge in [0.2, 0.25) is 0 Å². The predicted octanol–water partition coefficient (Wildman–Crippen LogP) is 5.10. The Hall–Kier alpha value is -0.560. The second-order valence-electron chi connectivity index (χ2n) is 4.72. The summed E-state index contributed by atoms with van der Waals surface area (Å²) < 4.78 is 1.76. The Labute approximate surface area is 138 Å². The molecule has 0 unspecified atom stereocenters. The Bertz CT molecular complexity index is 602. The van der Waals surface area contributed by atoms with E-state index >= 15 is 0 Å². The van der Waals surface area contributed by atoms with E-state index in [4.69, 9.17) is 10.8 Å². The molecule has 6 heteroatoms. The summed E-state index contributed by atoms with van der Waals surface area (Å²) in [6.07, 6.45) is 3.64. The summed E-state index contributed by atoms with van der Waals surface area (Å²) in [4.78, 5) is 2.41. The first-order valence-corrected chi connectivity index (χ1v) is 8.66. The minimum atomic E-state index is -0.118. The predicted molar refractivity (Wildman–Crippen MR) is 95.7 cm³/mol. The van der Waals surface area contributed by atoms with Gasteiger partial charge in [0.1, 0.15) is 0 Å². The normalized spacial score (nSPS) is 14.0. The Morgan fingerprint density at radius 2 is 1.45 bits per heavy atom. The first kappa shape index (κ1) is 15.8. The maximum Gasteiger partial charge on any atom is 0.0659 e. The van der Waals surface area contributed by atoms with Crippen LogP contribution in [0.15, 0.2) is 20.6 Å². The number of thiol groups is 2. The summed E-state index contributed by atoms with van der Waals surface area (Å²) in [7, 11) is 0. The molecule has 0 aliphatic carbocycles. The van der Waals surface area contributed by atoms with Crippen LogP contribution in [0, 0.1) is 10.8 Å². The molecular weight excluding hydrogens is 324 g/mol. The molecule has 2 heterocycles. The first-order valence-electron chi connectivity index (χ1n) is 6.13. The van der Waals surface area contributed by atoms with Gasteiger partial charge in [-0.15, -0.1) is 47.9 Å². The van der Waals surface area contributed by atoms with Gasteiger partial charge in [-0.2, -0.15) is 0 Å². The topological polar surface area (TPSA) is 47.7 Å². The Balaban J connectivity index is 2.56. The van der Waals surface area contributed by atoms with Crippen LogP contribution >= 0.6 is 47.9 Å². The average Bonchev–Trinajstić information content (AvgIpc) is 3.01. The maximum atomic E-state index is 7.43. The lowest BCUT2D eigenvalue weighted by Gasteiger charge is -2.25. The van der Waals surface area contributed by atoms with Crippen LogP contribution in [0.3, 0.4) is 0 Å². The molecule has 2 rings (SSSR count). The van der Waals surface area contributed by atoms with E-state index in [-0.39, 0.29) is 5.41 Å². The molecule has 0 bridgehead atoms. The second kappa shape index (κ2) is 6.05. The van der Waals surface area contributed by atoms with Gasteiger partial charge in [-0.05, 0) is 25.5 Å². The molecule has 0 saturated heterocycles. The molecule has 0 aliphatic heterocycles. The van der Waals surface area contributed by atoms with Crippen LogP contribution in [0.1, 0.15) is 41.1 Å². The lowest BCUT2D eigenvalue weighted by atomic mass is 9.83. The number of hydrogen-bond donors (Lipinski definition) is 4. The molecule has 2 aromatic rings. The highest BCUT2D eigenvalue weighted by Gasteiger charge is 2.31. The highest BCUT2D eigenvalue weighted by Crippen LogP contribution is 2.45. The van der Waals surface area contributed by atoms with Crippen LogP contribution in [0.5, 0.6) is 0 Å². The van der Waals surface area contributed by atoms with Crippen LogP contribution in [0.25, 0.3) is 0 Å². The molecule has 0 atom stereocenters. The molecule has 2 aromatic heterocycles. The van der Waals surface area contributed by atoms with Gasteiger partial charge in [0.05, 0.1) is 8.42 Å². The van der Waals surface area contributed by atoms with Crippen molar-refractivity contribution in [2.24, 2.45) is 0 Å². The van der Waals surface area contributed by atoms with E-state index in [2.05, 4.69) is 39.1 Å². The van der Waals surface area contributed by atoms with E-state index in [1.165, 1.54) is 22.2 Å². The lowest BCUT2D eigenvalue weighted by Crippen LogP contribution is -2.19. The zero-order valence-electron chi connectivity index (χ0n) is 11.2. The molecule has 0 fully saturated rings. The van der Waals surface area contributed by atoms with Crippen molar-refractivity contribution in [3.05, 3.63) is 33.0 Å². The van der Waals surface area contributed by atoms with Gasteiger partial charge in [0.15, 0.2) is 0 Å². The zero-order chi connectivity index (χ0) is 14.9. The maximum absolute atomic E-state index is 7.43. The fourth-order valence-corrected chi connectivity index (χ4v) is 5.14. The van der Waals surface area contributed by atoms with E-state index in [0.29, 0.717) is 0 Å². The van der Waals surface area contributed by atoms with E-state index in [9.17, 15) is 0 Å². The third-order valence-corrected chi connectivity index (χ3v) is 7.08. The van der Waals surface area contributed by atoms with E-state index < -0.39 is 0 Å². The molecule has 0 radical (unpaired) electrons. The standard InChI is InChI=1S/C14H16N2S4/c1-3-14(2,10-4-8(6-15)12(17)19-10)11-5-9(7-16)13(18)20-11/h4-7,15-18H,3H2,1-2H3. The monoisotopic (exact) mass is 340 g/mol. The Morgan fingerprint density at radius 3 is 1.70 bits per heavy atom. The van der Waals surface area contributed by atoms with Crippen molar-refractivity contribution in [2.75, 3.05) is 0 Å². The largest absolute Gasteiger partial charge is 0.308 e. The SMILES string of the molecule is CCC(C)(c1cc(C=N)c(S)s1)c1cc(C=N)c(S)s1. The summed E-state index contributed by atoms with van der Waals surface area (Å²) >= 11 is 12.1. The van der Waals surface area contributed by atoms with E-state index in [0.717, 1.165) is 26.0 Å². The molecule has 0 spiro atoms. The van der Waals surface area contributed by atoms with Crippen molar-refractivity contribution in [2.45, 2.75) is 34.1 Å². The van der Waals surface area contributed by atoms with Crippen LogP contribution in [-0.4, -0.2) is 12.4 Å². The van der Waals surface area contributed by atoms with Crippen LogP contribution < -0.4 is 0 Å². The molecule has 0 aromatic carbocycles. The van der Waals surface area contributed by atoms with Crippen molar-refractivity contribution >= 4 is 60.4 Å². The Morgan fingerprint density at radius 1 is 1.05 bits per heavy atom. The minimum absolute atomic E-state index is 0.118. The molecule has 20 heavy (non-hydrogen) atoms. The van der Waals surface area contributed by atoms with Crippen molar-refractivity contribution in [3.63, 3.8) is 0 Å². The highest BCUT2D eigenvalue weighted by molar-refractivity contribution is 7.83. The first-order chi connectivity index (χ1) is 9.46. The smallest absolute Gasteiger partial charge is 0.0659 e. The van der Waals surface area contributed by atoms with Gasteiger partial charge < -0.3 is 10.8 Å². The fraction of sp³-hybridized carbons (Fsp3) is 0.286. The van der Waals surface area contributed by atoms with Gasteiger partial charge >= 0.3 is 0 Å². The summed E-state index contributed by atoms with van der Waals surface area (Å²) in [5, 5.41) is 14.9. The van der Waals surface area contributed by atoms with Gasteiger partial charge in [-0.25, -0.2) is 0 Å². The molecular formula is C14H16N2S4. The second-order valence-corrected chi connectivity index (χ2v) is 8.32. The van der Waals surface area contributed by atoms with Gasteiger partial charge in [0, 0.05) is 38.7 Å². The lowest BCUT2D eigenvalue weighted by molar-refractivity contribution is 0.573. The van der Waals surface area contributed by atoms with Crippen molar-refractivity contribution in [3.8, 4) is 0 Å². The molecule has 0 aliphatic rings. The van der Waals surface area contributed by atoms with E-state index in [1.54, 1.807) is 22.7 Å². The molecule has 2 N–H and O–H groups in total. The molecule has 106 valence electrons. The van der Waals surface area contributed by atoms with Crippen LogP contribution in [0.2, 0.25) is 0 Å². The third kappa shape index (κ3) is 2.62. The Kier molecular flexibility index (Phi) is 4.79. The number of nitrogens with one attached hydrogen (secondary N) is 2. The average molecular weight is 341 g/mol. The summed E-state index contributed by atoms with van der Waals surface area (Å²) in [5.41, 5.74) is 1.61. The van der Waals surface area contributed by atoms with Gasteiger partial charge in [0.25, 0.3) is 0 Å².